The third-order valence-electron chi connectivity index (χ3n) is 4.94. The second kappa shape index (κ2) is 10.4. The van der Waals surface area contributed by atoms with Crippen molar-refractivity contribution in [2.45, 2.75) is 39.3 Å². The molecular formula is C19H32N4O2. The lowest BCUT2D eigenvalue weighted by molar-refractivity contribution is 0.133. The molecule has 0 bridgehead atoms. The third-order valence-corrected chi connectivity index (χ3v) is 4.94. The van der Waals surface area contributed by atoms with Gasteiger partial charge in [-0.05, 0) is 50.4 Å². The van der Waals surface area contributed by atoms with Crippen LogP contribution in [-0.2, 0) is 11.3 Å². The number of rotatable bonds is 8. The van der Waals surface area contributed by atoms with Gasteiger partial charge in [-0.3, -0.25) is 9.88 Å². The highest BCUT2D eigenvalue weighted by atomic mass is 16.5. The monoisotopic (exact) mass is 348 g/mol. The number of amides is 2. The van der Waals surface area contributed by atoms with Gasteiger partial charge in [0.05, 0.1) is 6.61 Å². The standard InChI is InChI=1S/C19H32N4O2/c1-16-6-9-22(10-7-16)17(2)13-21-19(24)23(11-12-25-3)15-18-5-4-8-20-14-18/h4-5,8,14,16-17H,6-7,9-13,15H2,1-3H3,(H,21,24)/t17-/m0/s1. The molecule has 1 aromatic rings. The summed E-state index contributed by atoms with van der Waals surface area (Å²) in [6, 6.07) is 4.19. The van der Waals surface area contributed by atoms with Crippen LogP contribution in [0.3, 0.4) is 0 Å². The molecule has 6 heteroatoms. The number of pyridine rings is 1. The predicted molar refractivity (Wildman–Crippen MR) is 99.4 cm³/mol. The summed E-state index contributed by atoms with van der Waals surface area (Å²) >= 11 is 0. The molecule has 140 valence electrons. The van der Waals surface area contributed by atoms with Crippen molar-refractivity contribution in [1.82, 2.24) is 20.1 Å². The van der Waals surface area contributed by atoms with Gasteiger partial charge in [-0.1, -0.05) is 13.0 Å². The van der Waals surface area contributed by atoms with E-state index in [0.29, 0.717) is 32.3 Å². The van der Waals surface area contributed by atoms with E-state index in [1.165, 1.54) is 12.8 Å². The van der Waals surface area contributed by atoms with Crippen molar-refractivity contribution in [3.63, 3.8) is 0 Å². The number of methoxy groups -OCH3 is 1. The van der Waals surface area contributed by atoms with E-state index in [1.807, 2.05) is 12.1 Å². The molecule has 1 N–H and O–H groups in total. The van der Waals surface area contributed by atoms with E-state index in [9.17, 15) is 4.79 Å². The Morgan fingerprint density at radius 1 is 1.48 bits per heavy atom. The van der Waals surface area contributed by atoms with Crippen molar-refractivity contribution in [3.05, 3.63) is 30.1 Å². The molecule has 0 aliphatic carbocycles. The van der Waals surface area contributed by atoms with Crippen LogP contribution in [0.15, 0.2) is 24.5 Å². The number of carbonyl (C=O) groups excluding carboxylic acids is 1. The number of nitrogens with zero attached hydrogens (tertiary/aromatic N) is 3. The Balaban J connectivity index is 1.83. The lowest BCUT2D eigenvalue weighted by atomic mass is 9.98. The number of nitrogens with one attached hydrogen (secondary N) is 1. The van der Waals surface area contributed by atoms with Gasteiger partial charge in [0.1, 0.15) is 0 Å². The largest absolute Gasteiger partial charge is 0.383 e. The fourth-order valence-electron chi connectivity index (χ4n) is 3.11. The van der Waals surface area contributed by atoms with Gasteiger partial charge in [-0.25, -0.2) is 4.79 Å². The molecule has 0 aromatic carbocycles. The third kappa shape index (κ3) is 6.63. The lowest BCUT2D eigenvalue weighted by Gasteiger charge is -2.35. The molecule has 2 heterocycles. The fourth-order valence-corrected chi connectivity index (χ4v) is 3.11. The van der Waals surface area contributed by atoms with Gasteiger partial charge in [0.25, 0.3) is 0 Å². The molecule has 2 amide bonds. The fraction of sp³-hybridized carbons (Fsp3) is 0.684. The van der Waals surface area contributed by atoms with Crippen LogP contribution in [-0.4, -0.2) is 66.8 Å². The van der Waals surface area contributed by atoms with E-state index < -0.39 is 0 Å². The molecule has 1 saturated heterocycles. The average Bonchev–Trinajstić information content (AvgIpc) is 2.64. The summed E-state index contributed by atoms with van der Waals surface area (Å²) in [6.45, 7) is 9.05. The lowest BCUT2D eigenvalue weighted by Crippen LogP contribution is -2.48. The van der Waals surface area contributed by atoms with E-state index in [1.54, 1.807) is 24.4 Å². The molecule has 0 radical (unpaired) electrons. The summed E-state index contributed by atoms with van der Waals surface area (Å²) in [4.78, 5) is 21.0. The van der Waals surface area contributed by atoms with Gasteiger partial charge in [-0.2, -0.15) is 0 Å². The van der Waals surface area contributed by atoms with Gasteiger partial charge in [0, 0.05) is 45.2 Å². The quantitative estimate of drug-likeness (QED) is 0.783. The number of hydrogen-bond acceptors (Lipinski definition) is 4. The molecule has 0 saturated carbocycles. The minimum Gasteiger partial charge on any atom is -0.383 e. The molecule has 25 heavy (non-hydrogen) atoms. The maximum Gasteiger partial charge on any atom is 0.317 e. The van der Waals surface area contributed by atoms with Crippen LogP contribution in [0, 0.1) is 5.92 Å². The van der Waals surface area contributed by atoms with Crippen LogP contribution in [0.1, 0.15) is 32.3 Å². The van der Waals surface area contributed by atoms with Crippen LogP contribution in [0.4, 0.5) is 4.79 Å². The second-order valence-electron chi connectivity index (χ2n) is 7.03. The highest BCUT2D eigenvalue weighted by Crippen LogP contribution is 2.17. The summed E-state index contributed by atoms with van der Waals surface area (Å²) in [5.74, 6) is 0.821. The van der Waals surface area contributed by atoms with E-state index in [0.717, 1.165) is 24.6 Å². The van der Waals surface area contributed by atoms with Crippen molar-refractivity contribution < 1.29 is 9.53 Å². The van der Waals surface area contributed by atoms with Gasteiger partial charge < -0.3 is 15.0 Å². The van der Waals surface area contributed by atoms with Crippen LogP contribution in [0.2, 0.25) is 0 Å². The Morgan fingerprint density at radius 3 is 2.88 bits per heavy atom. The van der Waals surface area contributed by atoms with Gasteiger partial charge in [0.2, 0.25) is 0 Å². The summed E-state index contributed by atoms with van der Waals surface area (Å²) in [6.07, 6.45) is 6.04. The van der Waals surface area contributed by atoms with Crippen LogP contribution in [0.25, 0.3) is 0 Å². The van der Waals surface area contributed by atoms with Crippen molar-refractivity contribution >= 4 is 6.03 Å². The van der Waals surface area contributed by atoms with Gasteiger partial charge in [0.15, 0.2) is 0 Å². The normalized spacial score (nSPS) is 17.2. The minimum atomic E-state index is -0.0434. The Bertz CT molecular complexity index is 503. The molecule has 6 nitrogen and oxygen atoms in total. The maximum absolute atomic E-state index is 12.6. The van der Waals surface area contributed by atoms with E-state index in [4.69, 9.17) is 4.74 Å². The summed E-state index contributed by atoms with van der Waals surface area (Å²) in [5, 5.41) is 3.09. The molecular weight excluding hydrogens is 316 g/mol. The zero-order valence-corrected chi connectivity index (χ0v) is 15.8. The van der Waals surface area contributed by atoms with E-state index in [-0.39, 0.29) is 6.03 Å². The average molecular weight is 348 g/mol. The number of urea groups is 1. The number of aromatic nitrogens is 1. The van der Waals surface area contributed by atoms with Crippen molar-refractivity contribution in [1.29, 1.82) is 0 Å². The zero-order valence-electron chi connectivity index (χ0n) is 15.8. The van der Waals surface area contributed by atoms with Crippen molar-refractivity contribution in [3.8, 4) is 0 Å². The highest BCUT2D eigenvalue weighted by molar-refractivity contribution is 5.74. The number of hydrogen-bond donors (Lipinski definition) is 1. The van der Waals surface area contributed by atoms with Crippen LogP contribution in [0.5, 0.6) is 0 Å². The molecule has 1 aliphatic rings. The van der Waals surface area contributed by atoms with E-state index in [2.05, 4.69) is 29.0 Å². The first-order valence-corrected chi connectivity index (χ1v) is 9.24. The topological polar surface area (TPSA) is 57.7 Å². The number of ether oxygens (including phenoxy) is 1. The first kappa shape index (κ1) is 19.7. The molecule has 0 unspecified atom stereocenters. The number of likely N-dealkylation sites (tertiary alicyclic amines) is 1. The predicted octanol–water partition coefficient (Wildman–Crippen LogP) is 2.36. The molecule has 1 aromatic heterocycles. The highest BCUT2D eigenvalue weighted by Gasteiger charge is 2.21. The van der Waals surface area contributed by atoms with Crippen molar-refractivity contribution in [2.24, 2.45) is 5.92 Å². The van der Waals surface area contributed by atoms with Crippen LogP contribution < -0.4 is 5.32 Å². The molecule has 0 spiro atoms. The number of piperidine rings is 1. The Morgan fingerprint density at radius 2 is 2.24 bits per heavy atom. The molecule has 2 rings (SSSR count). The van der Waals surface area contributed by atoms with Crippen molar-refractivity contribution in [2.75, 3.05) is 39.9 Å². The Labute approximate surface area is 151 Å². The zero-order chi connectivity index (χ0) is 18.1. The first-order chi connectivity index (χ1) is 12.1. The second-order valence-corrected chi connectivity index (χ2v) is 7.03. The smallest absolute Gasteiger partial charge is 0.317 e. The van der Waals surface area contributed by atoms with Crippen LogP contribution >= 0.6 is 0 Å². The minimum absolute atomic E-state index is 0.0434. The molecule has 1 aliphatic heterocycles. The summed E-state index contributed by atoms with van der Waals surface area (Å²) in [5.41, 5.74) is 1.02. The van der Waals surface area contributed by atoms with Gasteiger partial charge in [-0.15, -0.1) is 0 Å². The number of carbonyl (C=O) groups is 1. The SMILES string of the molecule is COCCN(Cc1cccnc1)C(=O)NC[C@H](C)N1CCC(C)CC1. The summed E-state index contributed by atoms with van der Waals surface area (Å²) < 4.78 is 5.15. The summed E-state index contributed by atoms with van der Waals surface area (Å²) in [7, 11) is 1.65. The Kier molecular flexibility index (Phi) is 8.15. The molecule has 1 atom stereocenters. The first-order valence-electron chi connectivity index (χ1n) is 9.24. The maximum atomic E-state index is 12.6. The molecule has 1 fully saturated rings. The van der Waals surface area contributed by atoms with E-state index >= 15 is 0 Å². The Hall–Kier alpha value is -1.66. The van der Waals surface area contributed by atoms with Gasteiger partial charge >= 0.3 is 6.03 Å².